The van der Waals surface area contributed by atoms with Crippen LogP contribution in [0, 0.1) is 13.8 Å². The zero-order valence-electron chi connectivity index (χ0n) is 18.6. The Bertz CT molecular complexity index is 854. The first-order valence-electron chi connectivity index (χ1n) is 11.1. The van der Waals surface area contributed by atoms with Crippen LogP contribution in [-0.4, -0.2) is 28.7 Å². The lowest BCUT2D eigenvalue weighted by Crippen LogP contribution is -2.29. The Morgan fingerprint density at radius 1 is 0.839 bits per heavy atom. The molecule has 0 saturated heterocycles. The van der Waals surface area contributed by atoms with Crippen molar-refractivity contribution in [1.29, 1.82) is 0 Å². The van der Waals surface area contributed by atoms with Crippen molar-refractivity contribution < 1.29 is 19.6 Å². The van der Waals surface area contributed by atoms with Crippen LogP contribution in [-0.2, 0) is 9.59 Å². The SMILES string of the molecule is Cc1ccc(B(O)O)cc1.Cc1ccc(C2CCCC(=O)C2)cc1.O=C1C=CCCC1. The van der Waals surface area contributed by atoms with Crippen LogP contribution in [0.1, 0.15) is 67.6 Å². The van der Waals surface area contributed by atoms with E-state index in [1.165, 1.54) is 17.5 Å². The highest BCUT2D eigenvalue weighted by molar-refractivity contribution is 6.58. The number of carbonyl (C=O) groups excluding carboxylic acids is 2. The van der Waals surface area contributed by atoms with Crippen LogP contribution in [0.5, 0.6) is 0 Å². The molecule has 31 heavy (non-hydrogen) atoms. The van der Waals surface area contributed by atoms with Crippen molar-refractivity contribution in [2.75, 3.05) is 0 Å². The molecule has 0 heterocycles. The fourth-order valence-corrected chi connectivity index (χ4v) is 3.58. The molecule has 164 valence electrons. The molecule has 1 atom stereocenters. The van der Waals surface area contributed by atoms with Crippen molar-refractivity contribution in [3.05, 3.63) is 77.4 Å². The number of benzene rings is 2. The molecule has 0 amide bonds. The van der Waals surface area contributed by atoms with Crippen LogP contribution < -0.4 is 5.46 Å². The van der Waals surface area contributed by atoms with Gasteiger partial charge in [0.2, 0.25) is 0 Å². The molecule has 1 fully saturated rings. The zero-order chi connectivity index (χ0) is 22.6. The van der Waals surface area contributed by atoms with E-state index in [4.69, 9.17) is 10.0 Å². The van der Waals surface area contributed by atoms with Crippen molar-refractivity contribution in [2.24, 2.45) is 0 Å². The summed E-state index contributed by atoms with van der Waals surface area (Å²) >= 11 is 0. The van der Waals surface area contributed by atoms with Crippen LogP contribution >= 0.6 is 0 Å². The fraction of sp³-hybridized carbons (Fsp3) is 0.385. The molecular formula is C26H33BO4. The summed E-state index contributed by atoms with van der Waals surface area (Å²) < 4.78 is 0. The first-order chi connectivity index (χ1) is 14.8. The molecule has 0 bridgehead atoms. The molecule has 1 saturated carbocycles. The minimum atomic E-state index is -1.35. The summed E-state index contributed by atoms with van der Waals surface area (Å²) in [5.74, 6) is 1.20. The van der Waals surface area contributed by atoms with Gasteiger partial charge in [-0.2, -0.15) is 0 Å². The summed E-state index contributed by atoms with van der Waals surface area (Å²) in [6, 6.07) is 15.7. The van der Waals surface area contributed by atoms with E-state index in [2.05, 4.69) is 31.2 Å². The predicted molar refractivity (Wildman–Crippen MR) is 126 cm³/mol. The highest BCUT2D eigenvalue weighted by atomic mass is 16.4. The quantitative estimate of drug-likeness (QED) is 0.715. The van der Waals surface area contributed by atoms with Crippen molar-refractivity contribution >= 4 is 24.1 Å². The number of rotatable bonds is 2. The van der Waals surface area contributed by atoms with E-state index in [9.17, 15) is 9.59 Å². The van der Waals surface area contributed by atoms with Gasteiger partial charge in [0.05, 0.1) is 0 Å². The molecule has 0 aliphatic heterocycles. The van der Waals surface area contributed by atoms with Gasteiger partial charge in [-0.15, -0.1) is 0 Å². The smallest absolute Gasteiger partial charge is 0.423 e. The highest BCUT2D eigenvalue weighted by Gasteiger charge is 2.20. The molecule has 5 heteroatoms. The molecule has 2 aliphatic rings. The van der Waals surface area contributed by atoms with Crippen molar-refractivity contribution in [3.63, 3.8) is 0 Å². The number of hydrogen-bond donors (Lipinski definition) is 2. The maximum Gasteiger partial charge on any atom is 0.488 e. The Morgan fingerprint density at radius 3 is 1.90 bits per heavy atom. The second-order valence-electron chi connectivity index (χ2n) is 8.29. The monoisotopic (exact) mass is 420 g/mol. The third-order valence-electron chi connectivity index (χ3n) is 5.50. The molecule has 0 aromatic heterocycles. The number of hydrogen-bond acceptors (Lipinski definition) is 4. The third-order valence-corrected chi connectivity index (χ3v) is 5.50. The Hall–Kier alpha value is -2.50. The van der Waals surface area contributed by atoms with Crippen LogP contribution in [0.2, 0.25) is 0 Å². The summed E-state index contributed by atoms with van der Waals surface area (Å²) in [7, 11) is -1.35. The molecule has 0 radical (unpaired) electrons. The van der Waals surface area contributed by atoms with Gasteiger partial charge in [0, 0.05) is 19.3 Å². The molecule has 0 spiro atoms. The Balaban J connectivity index is 0.000000176. The first-order valence-corrected chi connectivity index (χ1v) is 11.1. The van der Waals surface area contributed by atoms with Crippen molar-refractivity contribution in [3.8, 4) is 0 Å². The molecule has 1 unspecified atom stereocenters. The standard InChI is InChI=1S/C13H16O.C7H9BO2.C6H8O/c1-10-5-7-11(8-6-10)12-3-2-4-13(14)9-12;1-6-2-4-7(5-3-6)8(9)10;7-6-4-2-1-3-5-6/h5-8,12H,2-4,9H2,1H3;2-5,9-10H,1H3;2,4H,1,3,5H2. The first kappa shape index (κ1) is 24.8. The minimum absolute atomic E-state index is 0.284. The van der Waals surface area contributed by atoms with Crippen molar-refractivity contribution in [1.82, 2.24) is 0 Å². The average Bonchev–Trinajstić information content (AvgIpc) is 2.76. The molecule has 2 aromatic carbocycles. The largest absolute Gasteiger partial charge is 0.488 e. The Labute approximate surface area is 186 Å². The predicted octanol–water partition coefficient (Wildman–Crippen LogP) is 4.19. The molecule has 2 aliphatic carbocycles. The zero-order valence-corrected chi connectivity index (χ0v) is 18.6. The van der Waals surface area contributed by atoms with E-state index in [0.29, 0.717) is 17.2 Å². The molecular weight excluding hydrogens is 387 g/mol. The summed E-state index contributed by atoms with van der Waals surface area (Å²) in [6.45, 7) is 4.04. The number of allylic oxidation sites excluding steroid dienone is 2. The lowest BCUT2D eigenvalue weighted by atomic mass is 9.80. The van der Waals surface area contributed by atoms with Gasteiger partial charge >= 0.3 is 7.12 Å². The van der Waals surface area contributed by atoms with Gasteiger partial charge in [-0.05, 0) is 62.6 Å². The van der Waals surface area contributed by atoms with Crippen LogP contribution in [0.4, 0.5) is 0 Å². The minimum Gasteiger partial charge on any atom is -0.423 e. The van der Waals surface area contributed by atoms with E-state index in [0.717, 1.165) is 44.1 Å². The second-order valence-corrected chi connectivity index (χ2v) is 8.29. The van der Waals surface area contributed by atoms with Crippen LogP contribution in [0.3, 0.4) is 0 Å². The maximum atomic E-state index is 11.3. The Morgan fingerprint density at radius 2 is 1.45 bits per heavy atom. The van der Waals surface area contributed by atoms with E-state index >= 15 is 0 Å². The van der Waals surface area contributed by atoms with Gasteiger partial charge in [0.1, 0.15) is 5.78 Å². The number of ketones is 2. The molecule has 4 nitrogen and oxygen atoms in total. The number of carbonyl (C=O) groups is 2. The second kappa shape index (κ2) is 13.0. The maximum absolute atomic E-state index is 11.3. The lowest BCUT2D eigenvalue weighted by Gasteiger charge is -2.21. The van der Waals surface area contributed by atoms with Gasteiger partial charge in [0.15, 0.2) is 5.78 Å². The fourth-order valence-electron chi connectivity index (χ4n) is 3.58. The van der Waals surface area contributed by atoms with Gasteiger partial charge in [-0.3, -0.25) is 9.59 Å². The van der Waals surface area contributed by atoms with E-state index in [1.807, 2.05) is 25.1 Å². The average molecular weight is 420 g/mol. The lowest BCUT2D eigenvalue weighted by molar-refractivity contribution is -0.120. The summed E-state index contributed by atoms with van der Waals surface area (Å²) in [4.78, 5) is 21.7. The number of aryl methyl sites for hydroxylation is 2. The molecule has 2 N–H and O–H groups in total. The van der Waals surface area contributed by atoms with E-state index < -0.39 is 7.12 Å². The molecule has 2 aromatic rings. The molecule has 4 rings (SSSR count). The summed E-state index contributed by atoms with van der Waals surface area (Å²) in [5, 5.41) is 17.3. The Kier molecular flexibility index (Phi) is 10.4. The van der Waals surface area contributed by atoms with Gasteiger partial charge < -0.3 is 10.0 Å². The summed E-state index contributed by atoms with van der Waals surface area (Å²) in [5.41, 5.74) is 4.27. The topological polar surface area (TPSA) is 74.6 Å². The summed E-state index contributed by atoms with van der Waals surface area (Å²) in [6.07, 6.45) is 10.3. The number of Topliss-reactive ketones (excluding diaryl/α,β-unsaturated/α-hetero) is 1. The van der Waals surface area contributed by atoms with E-state index in [-0.39, 0.29) is 5.78 Å². The van der Waals surface area contributed by atoms with Gasteiger partial charge in [-0.1, -0.05) is 65.7 Å². The van der Waals surface area contributed by atoms with Crippen LogP contribution in [0.25, 0.3) is 0 Å². The highest BCUT2D eigenvalue weighted by Crippen LogP contribution is 2.30. The van der Waals surface area contributed by atoms with E-state index in [1.54, 1.807) is 18.2 Å². The van der Waals surface area contributed by atoms with Crippen LogP contribution in [0.15, 0.2) is 60.7 Å². The third kappa shape index (κ3) is 9.45. The van der Waals surface area contributed by atoms with Crippen molar-refractivity contribution in [2.45, 2.75) is 64.7 Å². The normalized spacial score (nSPS) is 17.7. The van der Waals surface area contributed by atoms with Gasteiger partial charge in [-0.25, -0.2) is 0 Å². The van der Waals surface area contributed by atoms with Gasteiger partial charge in [0.25, 0.3) is 0 Å².